The van der Waals surface area contributed by atoms with Crippen LogP contribution in [-0.4, -0.2) is 18.0 Å². The predicted molar refractivity (Wildman–Crippen MR) is 57.8 cm³/mol. The number of hydrogen-bond donors (Lipinski definition) is 2. The van der Waals surface area contributed by atoms with Crippen molar-refractivity contribution >= 4 is 5.91 Å². The molecule has 1 amide bonds. The van der Waals surface area contributed by atoms with Crippen LogP contribution >= 0.6 is 0 Å². The molecule has 1 saturated carbocycles. The van der Waals surface area contributed by atoms with Crippen LogP contribution in [0, 0.1) is 5.92 Å². The highest BCUT2D eigenvalue weighted by Crippen LogP contribution is 2.24. The van der Waals surface area contributed by atoms with Crippen LogP contribution < -0.4 is 11.1 Å². The van der Waals surface area contributed by atoms with Crippen molar-refractivity contribution in [2.45, 2.75) is 58.0 Å². The summed E-state index contributed by atoms with van der Waals surface area (Å²) in [6.07, 6.45) is 5.85. The van der Waals surface area contributed by atoms with Gasteiger partial charge in [-0.25, -0.2) is 0 Å². The zero-order valence-corrected chi connectivity index (χ0v) is 9.25. The lowest BCUT2D eigenvalue weighted by Crippen LogP contribution is -2.49. The first-order valence-corrected chi connectivity index (χ1v) is 5.70. The summed E-state index contributed by atoms with van der Waals surface area (Å²) >= 11 is 0. The first-order valence-electron chi connectivity index (χ1n) is 5.70. The maximum atomic E-state index is 11.1. The van der Waals surface area contributed by atoms with Gasteiger partial charge in [0, 0.05) is 6.04 Å². The number of carbonyl (C=O) groups is 1. The fraction of sp³-hybridized carbons (Fsp3) is 0.909. The highest BCUT2D eigenvalue weighted by molar-refractivity contribution is 5.79. The van der Waals surface area contributed by atoms with Crippen molar-refractivity contribution in [2.75, 3.05) is 0 Å². The fourth-order valence-electron chi connectivity index (χ4n) is 2.22. The summed E-state index contributed by atoms with van der Waals surface area (Å²) in [5.74, 6) is 0.461. The Kier molecular flexibility index (Phi) is 4.39. The molecule has 0 aromatic rings. The van der Waals surface area contributed by atoms with E-state index in [1.165, 1.54) is 25.7 Å². The first kappa shape index (κ1) is 11.5. The number of amides is 1. The number of hydrogen-bond acceptors (Lipinski definition) is 2. The molecule has 14 heavy (non-hydrogen) atoms. The lowest BCUT2D eigenvalue weighted by molar-refractivity contribution is -0.120. The number of carbonyl (C=O) groups excluding carboxylic acids is 1. The molecular formula is C11H22N2O. The van der Waals surface area contributed by atoms with E-state index in [1.54, 1.807) is 0 Å². The van der Waals surface area contributed by atoms with Gasteiger partial charge >= 0.3 is 0 Å². The average Bonchev–Trinajstić information content (AvgIpc) is 2.16. The van der Waals surface area contributed by atoms with Crippen LogP contribution in [0.25, 0.3) is 0 Å². The summed E-state index contributed by atoms with van der Waals surface area (Å²) in [7, 11) is 0. The van der Waals surface area contributed by atoms with E-state index in [1.807, 2.05) is 6.92 Å². The van der Waals surface area contributed by atoms with Gasteiger partial charge in [0.15, 0.2) is 0 Å². The third-order valence-corrected chi connectivity index (χ3v) is 3.28. The third-order valence-electron chi connectivity index (χ3n) is 3.28. The molecule has 0 spiro atoms. The van der Waals surface area contributed by atoms with E-state index in [0.29, 0.717) is 12.0 Å². The molecule has 0 heterocycles. The van der Waals surface area contributed by atoms with Crippen LogP contribution in [0.3, 0.4) is 0 Å². The number of nitrogens with two attached hydrogens (primary N) is 1. The fourth-order valence-corrected chi connectivity index (χ4v) is 2.22. The van der Waals surface area contributed by atoms with E-state index in [4.69, 9.17) is 5.73 Å². The van der Waals surface area contributed by atoms with Crippen molar-refractivity contribution < 1.29 is 4.79 Å². The van der Waals surface area contributed by atoms with Gasteiger partial charge in [-0.15, -0.1) is 0 Å². The SMILES string of the molecule is CCC(NC1CCCCC1C)C(N)=O. The van der Waals surface area contributed by atoms with Gasteiger partial charge in [0.25, 0.3) is 0 Å². The summed E-state index contributed by atoms with van der Waals surface area (Å²) < 4.78 is 0. The molecule has 0 aromatic carbocycles. The van der Waals surface area contributed by atoms with E-state index < -0.39 is 0 Å². The third kappa shape index (κ3) is 2.98. The zero-order chi connectivity index (χ0) is 10.6. The normalized spacial score (nSPS) is 29.9. The smallest absolute Gasteiger partial charge is 0.234 e. The quantitative estimate of drug-likeness (QED) is 0.717. The lowest BCUT2D eigenvalue weighted by atomic mass is 9.85. The van der Waals surface area contributed by atoms with Gasteiger partial charge in [-0.05, 0) is 25.2 Å². The Morgan fingerprint density at radius 3 is 2.64 bits per heavy atom. The van der Waals surface area contributed by atoms with Crippen molar-refractivity contribution in [1.29, 1.82) is 0 Å². The van der Waals surface area contributed by atoms with Crippen LogP contribution in [0.2, 0.25) is 0 Å². The van der Waals surface area contributed by atoms with Crippen LogP contribution in [0.1, 0.15) is 46.0 Å². The van der Waals surface area contributed by atoms with E-state index in [9.17, 15) is 4.79 Å². The Morgan fingerprint density at radius 1 is 1.50 bits per heavy atom. The van der Waals surface area contributed by atoms with Crippen LogP contribution in [0.15, 0.2) is 0 Å². The highest BCUT2D eigenvalue weighted by Gasteiger charge is 2.24. The van der Waals surface area contributed by atoms with E-state index in [-0.39, 0.29) is 11.9 Å². The van der Waals surface area contributed by atoms with Gasteiger partial charge in [-0.1, -0.05) is 26.7 Å². The highest BCUT2D eigenvalue weighted by atomic mass is 16.1. The molecule has 0 aromatic heterocycles. The molecule has 3 atom stereocenters. The second-order valence-corrected chi connectivity index (χ2v) is 4.40. The Labute approximate surface area is 86.4 Å². The van der Waals surface area contributed by atoms with Crippen molar-refractivity contribution in [3.8, 4) is 0 Å². The Balaban J connectivity index is 2.43. The summed E-state index contributed by atoms with van der Waals surface area (Å²) in [5, 5.41) is 3.38. The summed E-state index contributed by atoms with van der Waals surface area (Å²) in [4.78, 5) is 11.1. The predicted octanol–water partition coefficient (Wildman–Crippen LogP) is 1.42. The van der Waals surface area contributed by atoms with Gasteiger partial charge in [-0.3, -0.25) is 4.79 Å². The Bertz CT molecular complexity index is 194. The Morgan fingerprint density at radius 2 is 2.14 bits per heavy atom. The van der Waals surface area contributed by atoms with E-state index in [2.05, 4.69) is 12.2 Å². The van der Waals surface area contributed by atoms with Gasteiger partial charge in [-0.2, -0.15) is 0 Å². The topological polar surface area (TPSA) is 55.1 Å². The molecule has 3 heteroatoms. The molecular weight excluding hydrogens is 176 g/mol. The van der Waals surface area contributed by atoms with E-state index >= 15 is 0 Å². The van der Waals surface area contributed by atoms with Crippen molar-refractivity contribution in [2.24, 2.45) is 11.7 Å². The number of rotatable bonds is 4. The molecule has 1 rings (SSSR count). The minimum atomic E-state index is -0.217. The number of nitrogens with one attached hydrogen (secondary N) is 1. The summed E-state index contributed by atoms with van der Waals surface area (Å²) in [5.41, 5.74) is 5.31. The molecule has 3 unspecified atom stereocenters. The van der Waals surface area contributed by atoms with Gasteiger partial charge < -0.3 is 11.1 Å². The maximum absolute atomic E-state index is 11.1. The molecule has 0 bridgehead atoms. The minimum absolute atomic E-state index is 0.138. The molecule has 0 radical (unpaired) electrons. The number of primary amides is 1. The standard InChI is InChI=1S/C11H22N2O/c1-3-9(11(12)14)13-10-7-5-4-6-8(10)2/h8-10,13H,3-7H2,1-2H3,(H2,12,14). The van der Waals surface area contributed by atoms with Crippen LogP contribution in [0.4, 0.5) is 0 Å². The average molecular weight is 198 g/mol. The molecule has 1 fully saturated rings. The maximum Gasteiger partial charge on any atom is 0.234 e. The minimum Gasteiger partial charge on any atom is -0.368 e. The molecule has 0 saturated heterocycles. The van der Waals surface area contributed by atoms with Gasteiger partial charge in [0.2, 0.25) is 5.91 Å². The molecule has 82 valence electrons. The largest absolute Gasteiger partial charge is 0.368 e. The van der Waals surface area contributed by atoms with Crippen molar-refractivity contribution in [3.05, 3.63) is 0 Å². The molecule has 0 aliphatic heterocycles. The van der Waals surface area contributed by atoms with Crippen molar-refractivity contribution in [1.82, 2.24) is 5.32 Å². The Hall–Kier alpha value is -0.570. The zero-order valence-electron chi connectivity index (χ0n) is 9.25. The first-order chi connectivity index (χ1) is 6.65. The summed E-state index contributed by atoms with van der Waals surface area (Å²) in [6, 6.07) is 0.349. The molecule has 1 aliphatic carbocycles. The second kappa shape index (κ2) is 5.35. The van der Waals surface area contributed by atoms with Crippen LogP contribution in [-0.2, 0) is 4.79 Å². The van der Waals surface area contributed by atoms with Gasteiger partial charge in [0.05, 0.1) is 6.04 Å². The monoisotopic (exact) mass is 198 g/mol. The molecule has 3 nitrogen and oxygen atoms in total. The van der Waals surface area contributed by atoms with Crippen LogP contribution in [0.5, 0.6) is 0 Å². The van der Waals surface area contributed by atoms with Gasteiger partial charge in [0.1, 0.15) is 0 Å². The van der Waals surface area contributed by atoms with Crippen molar-refractivity contribution in [3.63, 3.8) is 0 Å². The lowest BCUT2D eigenvalue weighted by Gasteiger charge is -2.32. The second-order valence-electron chi connectivity index (χ2n) is 4.40. The molecule has 3 N–H and O–H groups in total. The van der Waals surface area contributed by atoms with E-state index in [0.717, 1.165) is 6.42 Å². The molecule has 1 aliphatic rings. The summed E-state index contributed by atoms with van der Waals surface area (Å²) in [6.45, 7) is 4.25.